The van der Waals surface area contributed by atoms with Crippen molar-refractivity contribution in [2.45, 2.75) is 44.2 Å². The first-order chi connectivity index (χ1) is 14.9. The number of aromatic nitrogens is 1. The van der Waals surface area contributed by atoms with Gasteiger partial charge >= 0.3 is 0 Å². The Bertz CT molecular complexity index is 1230. The molecule has 0 atom stereocenters. The Kier molecular flexibility index (Phi) is 5.20. The largest absolute Gasteiger partial charge is 0.356 e. The van der Waals surface area contributed by atoms with Gasteiger partial charge < -0.3 is 9.64 Å². The quantitative estimate of drug-likeness (QED) is 0.620. The number of hydrogen-bond acceptors (Lipinski definition) is 5. The van der Waals surface area contributed by atoms with E-state index in [1.165, 1.54) is 16.8 Å². The Hall–Kier alpha value is -2.48. The molecule has 0 spiro atoms. The molecular weight excluding hydrogens is 410 g/mol. The fraction of sp³-hybridized carbons (Fsp3) is 0.375. The van der Waals surface area contributed by atoms with Crippen LogP contribution in [0.3, 0.4) is 0 Å². The minimum Gasteiger partial charge on any atom is -0.356 e. The lowest BCUT2D eigenvalue weighted by atomic mass is 10.0. The number of rotatable bonds is 3. The maximum atomic E-state index is 13.5. The number of fused-ring (bicyclic) bond motifs is 2. The van der Waals surface area contributed by atoms with E-state index in [0.717, 1.165) is 23.8 Å². The minimum absolute atomic E-state index is 0.265. The molecular formula is C24H27N3O3S. The van der Waals surface area contributed by atoms with E-state index in [1.54, 1.807) is 22.6 Å². The summed E-state index contributed by atoms with van der Waals surface area (Å²) in [6.45, 7) is 6.22. The van der Waals surface area contributed by atoms with E-state index in [1.807, 2.05) is 19.1 Å². The molecule has 1 fully saturated rings. The van der Waals surface area contributed by atoms with Gasteiger partial charge in [-0.15, -0.1) is 0 Å². The average Bonchev–Trinajstić information content (AvgIpc) is 2.78. The maximum absolute atomic E-state index is 13.5. The molecule has 2 aromatic carbocycles. The van der Waals surface area contributed by atoms with Crippen molar-refractivity contribution in [3.05, 3.63) is 65.4 Å². The van der Waals surface area contributed by atoms with Gasteiger partial charge in [0.1, 0.15) is 11.6 Å². The number of nitrogens with zero attached hydrogens (tertiary/aromatic N) is 3. The van der Waals surface area contributed by atoms with Gasteiger partial charge in [0.15, 0.2) is 0 Å². The summed E-state index contributed by atoms with van der Waals surface area (Å²) >= 11 is 0. The molecule has 1 aromatic heterocycles. The summed E-state index contributed by atoms with van der Waals surface area (Å²) in [6.07, 6.45) is 3.27. The highest BCUT2D eigenvalue weighted by Gasteiger charge is 2.34. The Morgan fingerprint density at radius 3 is 2.65 bits per heavy atom. The molecule has 0 unspecified atom stereocenters. The van der Waals surface area contributed by atoms with Gasteiger partial charge in [0, 0.05) is 42.0 Å². The van der Waals surface area contributed by atoms with E-state index in [4.69, 9.17) is 4.74 Å². The smallest absolute Gasteiger partial charge is 0.245 e. The average molecular weight is 438 g/mol. The van der Waals surface area contributed by atoms with Gasteiger partial charge in [-0.3, -0.25) is 4.98 Å². The van der Waals surface area contributed by atoms with Crippen molar-refractivity contribution in [3.63, 3.8) is 0 Å². The van der Waals surface area contributed by atoms with Gasteiger partial charge in [-0.05, 0) is 50.5 Å². The van der Waals surface area contributed by atoms with E-state index in [2.05, 4.69) is 35.0 Å². The molecule has 3 heterocycles. The predicted octanol–water partition coefficient (Wildman–Crippen LogP) is 4.00. The number of ether oxygens (including phenoxy) is 1. The molecule has 5 rings (SSSR count). The minimum atomic E-state index is -3.60. The van der Waals surface area contributed by atoms with Crippen LogP contribution < -0.4 is 4.90 Å². The van der Waals surface area contributed by atoms with Crippen LogP contribution in [0.5, 0.6) is 0 Å². The predicted molar refractivity (Wildman–Crippen MR) is 122 cm³/mol. The standard InChI is InChI=1S/C24H27N3O3S/c1-17-6-7-22-20(12-17)15-30-16-27(22)21-8-10-26(11-9-21)31(28,29)23-5-3-4-19-13-18(2)14-25-24(19)23/h3-7,12-14,21H,8-11,15-16H2,1-2H3. The first kappa shape index (κ1) is 20.4. The second kappa shape index (κ2) is 7.89. The highest BCUT2D eigenvalue weighted by molar-refractivity contribution is 7.89. The summed E-state index contributed by atoms with van der Waals surface area (Å²) in [5.41, 5.74) is 5.21. The highest BCUT2D eigenvalue weighted by atomic mass is 32.2. The number of piperidine rings is 1. The number of sulfonamides is 1. The molecule has 2 aliphatic heterocycles. The zero-order chi connectivity index (χ0) is 21.6. The molecule has 6 nitrogen and oxygen atoms in total. The topological polar surface area (TPSA) is 62.7 Å². The van der Waals surface area contributed by atoms with Crippen molar-refractivity contribution in [2.75, 3.05) is 24.7 Å². The monoisotopic (exact) mass is 437 g/mol. The van der Waals surface area contributed by atoms with Crippen LogP contribution in [0, 0.1) is 13.8 Å². The van der Waals surface area contributed by atoms with Gasteiger partial charge in [0.2, 0.25) is 10.0 Å². The molecule has 1 saturated heterocycles. The first-order valence-corrected chi connectivity index (χ1v) is 12.2. The summed E-state index contributed by atoms with van der Waals surface area (Å²) in [5.74, 6) is 0. The van der Waals surface area contributed by atoms with Gasteiger partial charge in [-0.2, -0.15) is 4.31 Å². The molecule has 31 heavy (non-hydrogen) atoms. The lowest BCUT2D eigenvalue weighted by molar-refractivity contribution is 0.0987. The van der Waals surface area contributed by atoms with Crippen LogP contribution in [0.1, 0.15) is 29.5 Å². The number of benzene rings is 2. The van der Waals surface area contributed by atoms with Gasteiger partial charge in [-0.1, -0.05) is 29.8 Å². The summed E-state index contributed by atoms with van der Waals surface area (Å²) in [6, 6.07) is 14.1. The lowest BCUT2D eigenvalue weighted by Gasteiger charge is -2.41. The molecule has 2 aliphatic rings. The van der Waals surface area contributed by atoms with Crippen LogP contribution in [-0.2, 0) is 21.4 Å². The SMILES string of the molecule is Cc1ccc2c(c1)COCN2C1CCN(S(=O)(=O)c2cccc3cc(C)cnc23)CC1. The zero-order valence-electron chi connectivity index (χ0n) is 17.9. The van der Waals surface area contributed by atoms with Crippen molar-refractivity contribution in [1.82, 2.24) is 9.29 Å². The van der Waals surface area contributed by atoms with Crippen LogP contribution in [0.15, 0.2) is 53.6 Å². The van der Waals surface area contributed by atoms with Crippen LogP contribution >= 0.6 is 0 Å². The van der Waals surface area contributed by atoms with Crippen molar-refractivity contribution < 1.29 is 13.2 Å². The molecule has 162 valence electrons. The molecule has 3 aromatic rings. The van der Waals surface area contributed by atoms with Gasteiger partial charge in [0.25, 0.3) is 0 Å². The third-order valence-corrected chi connectivity index (χ3v) is 8.26. The zero-order valence-corrected chi connectivity index (χ0v) is 18.7. The normalized spacial score (nSPS) is 18.3. The third-order valence-electron chi connectivity index (χ3n) is 6.33. The molecule has 0 aliphatic carbocycles. The van der Waals surface area contributed by atoms with Crippen molar-refractivity contribution in [2.24, 2.45) is 0 Å². The van der Waals surface area contributed by atoms with Gasteiger partial charge in [-0.25, -0.2) is 8.42 Å². The summed E-state index contributed by atoms with van der Waals surface area (Å²) < 4.78 is 34.3. The van der Waals surface area contributed by atoms with E-state index in [0.29, 0.717) is 36.8 Å². The molecule has 0 amide bonds. The Morgan fingerprint density at radius 2 is 1.84 bits per heavy atom. The van der Waals surface area contributed by atoms with Crippen LogP contribution in [0.4, 0.5) is 5.69 Å². The summed E-state index contributed by atoms with van der Waals surface area (Å²) in [5, 5.41) is 0.855. The second-order valence-corrected chi connectivity index (χ2v) is 10.5. The van der Waals surface area contributed by atoms with Crippen molar-refractivity contribution in [1.29, 1.82) is 0 Å². The van der Waals surface area contributed by atoms with Crippen LogP contribution in [0.2, 0.25) is 0 Å². The molecule has 0 saturated carbocycles. The maximum Gasteiger partial charge on any atom is 0.245 e. The third kappa shape index (κ3) is 3.71. The van der Waals surface area contributed by atoms with Crippen molar-refractivity contribution >= 4 is 26.6 Å². The highest BCUT2D eigenvalue weighted by Crippen LogP contribution is 2.33. The lowest BCUT2D eigenvalue weighted by Crippen LogP contribution is -2.48. The summed E-state index contributed by atoms with van der Waals surface area (Å²) in [7, 11) is -3.60. The van der Waals surface area contributed by atoms with Crippen LogP contribution in [0.25, 0.3) is 10.9 Å². The van der Waals surface area contributed by atoms with Crippen molar-refractivity contribution in [3.8, 4) is 0 Å². The van der Waals surface area contributed by atoms with Crippen LogP contribution in [-0.4, -0.2) is 43.6 Å². The molecule has 0 radical (unpaired) electrons. The number of anilines is 1. The Morgan fingerprint density at radius 1 is 1.03 bits per heavy atom. The molecule has 0 N–H and O–H groups in total. The number of hydrogen-bond donors (Lipinski definition) is 0. The number of aryl methyl sites for hydroxylation is 2. The van der Waals surface area contributed by atoms with E-state index >= 15 is 0 Å². The summed E-state index contributed by atoms with van der Waals surface area (Å²) in [4.78, 5) is 7.02. The number of pyridine rings is 1. The molecule has 0 bridgehead atoms. The van der Waals surface area contributed by atoms with E-state index in [-0.39, 0.29) is 6.04 Å². The fourth-order valence-corrected chi connectivity index (χ4v) is 6.36. The van der Waals surface area contributed by atoms with E-state index in [9.17, 15) is 8.42 Å². The Labute approximate surface area is 183 Å². The molecule has 7 heteroatoms. The van der Waals surface area contributed by atoms with Gasteiger partial charge in [0.05, 0.1) is 12.1 Å². The fourth-order valence-electron chi connectivity index (χ4n) is 4.72. The number of para-hydroxylation sites is 1. The second-order valence-electron chi connectivity index (χ2n) is 8.56. The van der Waals surface area contributed by atoms with E-state index < -0.39 is 10.0 Å². The Balaban J connectivity index is 1.37. The first-order valence-electron chi connectivity index (χ1n) is 10.7.